The number of alkyl halides is 1. The van der Waals surface area contributed by atoms with Gasteiger partial charge in [0.1, 0.15) is 11.4 Å². The summed E-state index contributed by atoms with van der Waals surface area (Å²) in [7, 11) is 1.50. The average Bonchev–Trinajstić information content (AvgIpc) is 2.29. The van der Waals surface area contributed by atoms with Gasteiger partial charge in [-0.1, -0.05) is 13.3 Å². The largest absolute Gasteiger partial charge is 0.495 e. The van der Waals surface area contributed by atoms with Crippen LogP contribution in [-0.4, -0.2) is 18.6 Å². The van der Waals surface area contributed by atoms with Crippen molar-refractivity contribution in [3.05, 3.63) is 24.0 Å². The summed E-state index contributed by atoms with van der Waals surface area (Å²) in [6.45, 7) is 1.84. The number of nitrogens with zero attached hydrogens (tertiary/aromatic N) is 1. The van der Waals surface area contributed by atoms with Gasteiger partial charge >= 0.3 is 0 Å². The van der Waals surface area contributed by atoms with Crippen molar-refractivity contribution in [2.45, 2.75) is 25.4 Å². The van der Waals surface area contributed by atoms with Gasteiger partial charge in [0.15, 0.2) is 5.67 Å². The second kappa shape index (κ2) is 5.07. The Labute approximate surface area is 89.5 Å². The van der Waals surface area contributed by atoms with Crippen LogP contribution in [0, 0.1) is 0 Å². The molecule has 0 spiro atoms. The number of ether oxygens (including phenoxy) is 1. The molecule has 1 rings (SSSR count). The topological polar surface area (TPSA) is 48.1 Å². The molecule has 1 aromatic rings. The molecule has 84 valence electrons. The summed E-state index contributed by atoms with van der Waals surface area (Å²) in [4.78, 5) is 4.03. The van der Waals surface area contributed by atoms with Crippen LogP contribution in [0.25, 0.3) is 0 Å². The van der Waals surface area contributed by atoms with E-state index >= 15 is 0 Å². The zero-order chi connectivity index (χ0) is 11.3. The quantitative estimate of drug-likeness (QED) is 0.812. The van der Waals surface area contributed by atoms with Crippen LogP contribution in [-0.2, 0) is 5.67 Å². The number of aromatic nitrogens is 1. The van der Waals surface area contributed by atoms with Crippen LogP contribution in [0.4, 0.5) is 4.39 Å². The molecule has 0 radical (unpaired) electrons. The van der Waals surface area contributed by atoms with Gasteiger partial charge in [0.2, 0.25) is 0 Å². The van der Waals surface area contributed by atoms with Crippen molar-refractivity contribution in [2.24, 2.45) is 5.73 Å². The Morgan fingerprint density at radius 3 is 2.87 bits per heavy atom. The van der Waals surface area contributed by atoms with Gasteiger partial charge in [-0.15, -0.1) is 0 Å². The van der Waals surface area contributed by atoms with Crippen LogP contribution in [0.1, 0.15) is 25.5 Å². The van der Waals surface area contributed by atoms with Gasteiger partial charge in [0, 0.05) is 12.7 Å². The Morgan fingerprint density at radius 2 is 2.33 bits per heavy atom. The second-order valence-electron chi connectivity index (χ2n) is 3.47. The molecular formula is C11H17FN2O. The number of nitrogens with two attached hydrogens (primary N) is 1. The van der Waals surface area contributed by atoms with Gasteiger partial charge in [-0.3, -0.25) is 4.98 Å². The summed E-state index contributed by atoms with van der Waals surface area (Å²) in [5.74, 6) is 0.457. The van der Waals surface area contributed by atoms with E-state index in [1.165, 1.54) is 7.11 Å². The van der Waals surface area contributed by atoms with Crippen LogP contribution in [0.5, 0.6) is 5.75 Å². The Kier molecular flexibility index (Phi) is 4.03. The van der Waals surface area contributed by atoms with E-state index in [0.717, 1.165) is 0 Å². The molecule has 1 atom stereocenters. The lowest BCUT2D eigenvalue weighted by Crippen LogP contribution is -2.31. The number of methoxy groups -OCH3 is 1. The smallest absolute Gasteiger partial charge is 0.168 e. The van der Waals surface area contributed by atoms with Gasteiger partial charge in [0.25, 0.3) is 0 Å². The molecule has 0 aromatic carbocycles. The Hall–Kier alpha value is -1.16. The maximum atomic E-state index is 14.4. The number of pyridine rings is 1. The minimum Gasteiger partial charge on any atom is -0.495 e. The first-order chi connectivity index (χ1) is 7.18. The van der Waals surface area contributed by atoms with Gasteiger partial charge in [-0.2, -0.15) is 0 Å². The van der Waals surface area contributed by atoms with Crippen LogP contribution >= 0.6 is 0 Å². The number of rotatable bonds is 5. The number of hydrogen-bond donors (Lipinski definition) is 1. The molecule has 1 unspecified atom stereocenters. The van der Waals surface area contributed by atoms with Crippen molar-refractivity contribution in [1.29, 1.82) is 0 Å². The molecular weight excluding hydrogens is 195 g/mol. The van der Waals surface area contributed by atoms with Crippen LogP contribution < -0.4 is 10.5 Å². The molecule has 0 bridgehead atoms. The molecule has 0 saturated heterocycles. The van der Waals surface area contributed by atoms with E-state index in [-0.39, 0.29) is 6.54 Å². The normalized spacial score (nSPS) is 14.7. The van der Waals surface area contributed by atoms with Crippen LogP contribution in [0.2, 0.25) is 0 Å². The zero-order valence-corrected chi connectivity index (χ0v) is 9.16. The lowest BCUT2D eigenvalue weighted by Gasteiger charge is -2.23. The molecule has 0 fully saturated rings. The predicted molar refractivity (Wildman–Crippen MR) is 57.5 cm³/mol. The Morgan fingerprint density at radius 1 is 1.60 bits per heavy atom. The zero-order valence-electron chi connectivity index (χ0n) is 9.16. The first kappa shape index (κ1) is 11.9. The van der Waals surface area contributed by atoms with Crippen molar-refractivity contribution < 1.29 is 9.13 Å². The molecule has 0 amide bonds. The number of hydrogen-bond acceptors (Lipinski definition) is 3. The maximum absolute atomic E-state index is 14.4. The van der Waals surface area contributed by atoms with Gasteiger partial charge < -0.3 is 10.5 Å². The van der Waals surface area contributed by atoms with Crippen molar-refractivity contribution in [1.82, 2.24) is 4.98 Å². The summed E-state index contributed by atoms with van der Waals surface area (Å²) in [5, 5.41) is 0. The predicted octanol–water partition coefficient (Wildman–Crippen LogP) is 2.01. The third-order valence-corrected chi connectivity index (χ3v) is 2.38. The van der Waals surface area contributed by atoms with E-state index in [1.807, 2.05) is 6.92 Å². The summed E-state index contributed by atoms with van der Waals surface area (Å²) in [5.41, 5.74) is 4.20. The Balaban J connectivity index is 3.10. The summed E-state index contributed by atoms with van der Waals surface area (Å²) >= 11 is 0. The van der Waals surface area contributed by atoms with Gasteiger partial charge in [0.05, 0.1) is 7.11 Å². The first-order valence-corrected chi connectivity index (χ1v) is 5.06. The van der Waals surface area contributed by atoms with Gasteiger partial charge in [-0.05, 0) is 18.6 Å². The van der Waals surface area contributed by atoms with Crippen LogP contribution in [0.15, 0.2) is 18.3 Å². The van der Waals surface area contributed by atoms with E-state index in [4.69, 9.17) is 10.5 Å². The highest BCUT2D eigenvalue weighted by Gasteiger charge is 2.33. The molecule has 0 aliphatic carbocycles. The monoisotopic (exact) mass is 212 g/mol. The van der Waals surface area contributed by atoms with E-state index in [1.54, 1.807) is 18.3 Å². The summed E-state index contributed by atoms with van der Waals surface area (Å²) < 4.78 is 19.5. The third kappa shape index (κ3) is 2.45. The van der Waals surface area contributed by atoms with E-state index in [0.29, 0.717) is 24.3 Å². The minimum absolute atomic E-state index is 0.0752. The van der Waals surface area contributed by atoms with Gasteiger partial charge in [-0.25, -0.2) is 4.39 Å². The lowest BCUT2D eigenvalue weighted by atomic mass is 9.95. The highest BCUT2D eigenvalue weighted by Crippen LogP contribution is 2.34. The fourth-order valence-electron chi connectivity index (χ4n) is 1.61. The molecule has 0 saturated carbocycles. The third-order valence-electron chi connectivity index (χ3n) is 2.38. The summed E-state index contributed by atoms with van der Waals surface area (Å²) in [6.07, 6.45) is 2.63. The minimum atomic E-state index is -1.58. The van der Waals surface area contributed by atoms with Crippen molar-refractivity contribution in [3.8, 4) is 5.75 Å². The molecule has 0 aliphatic rings. The van der Waals surface area contributed by atoms with E-state index in [9.17, 15) is 4.39 Å². The Bertz CT molecular complexity index is 319. The molecule has 2 N–H and O–H groups in total. The first-order valence-electron chi connectivity index (χ1n) is 5.06. The fourth-order valence-corrected chi connectivity index (χ4v) is 1.61. The fraction of sp³-hybridized carbons (Fsp3) is 0.545. The lowest BCUT2D eigenvalue weighted by molar-refractivity contribution is 0.148. The average molecular weight is 212 g/mol. The standard InChI is InChI=1S/C11H17FN2O/c1-3-6-11(12,8-13)10-9(15-2)5-4-7-14-10/h4-5,7H,3,6,8,13H2,1-2H3. The van der Waals surface area contributed by atoms with Crippen LogP contribution in [0.3, 0.4) is 0 Å². The highest BCUT2D eigenvalue weighted by molar-refractivity contribution is 5.32. The molecule has 15 heavy (non-hydrogen) atoms. The molecule has 4 heteroatoms. The SMILES string of the molecule is CCCC(F)(CN)c1ncccc1OC. The maximum Gasteiger partial charge on any atom is 0.168 e. The molecule has 0 aliphatic heterocycles. The van der Waals surface area contributed by atoms with Crippen molar-refractivity contribution in [3.63, 3.8) is 0 Å². The highest BCUT2D eigenvalue weighted by atomic mass is 19.1. The second-order valence-corrected chi connectivity index (χ2v) is 3.47. The summed E-state index contributed by atoms with van der Waals surface area (Å²) in [6, 6.07) is 3.41. The molecule has 3 nitrogen and oxygen atoms in total. The number of halogens is 1. The molecule has 1 aromatic heterocycles. The van der Waals surface area contributed by atoms with Crippen molar-refractivity contribution in [2.75, 3.05) is 13.7 Å². The molecule has 1 heterocycles. The van der Waals surface area contributed by atoms with Crippen molar-refractivity contribution >= 4 is 0 Å². The van der Waals surface area contributed by atoms with E-state index in [2.05, 4.69) is 4.98 Å². The van der Waals surface area contributed by atoms with E-state index < -0.39 is 5.67 Å².